The fourth-order valence-electron chi connectivity index (χ4n) is 9.66. The van der Waals surface area contributed by atoms with E-state index in [0.29, 0.717) is 17.4 Å². The summed E-state index contributed by atoms with van der Waals surface area (Å²) >= 11 is 0. The van der Waals surface area contributed by atoms with Crippen LogP contribution in [0, 0.1) is 0 Å². The topological polar surface area (TPSA) is 108 Å². The van der Waals surface area contributed by atoms with Crippen molar-refractivity contribution in [2.45, 2.75) is 315 Å². The van der Waals surface area contributed by atoms with Crippen molar-refractivity contribution in [3.05, 3.63) is 85.1 Å². The second-order valence-electron chi connectivity index (χ2n) is 24.2. The number of rotatable bonds is 63. The van der Waals surface area contributed by atoms with Crippen molar-refractivity contribution in [2.24, 2.45) is 0 Å². The molecule has 0 aromatic rings. The van der Waals surface area contributed by atoms with Crippen molar-refractivity contribution in [3.8, 4) is 0 Å². The molecule has 0 bridgehead atoms. The number of hydrogen-bond donors (Lipinski definition) is 1. The van der Waals surface area contributed by atoms with Gasteiger partial charge >= 0.3 is 19.8 Å². The first kappa shape index (κ1) is 79.2. The number of esters is 2. The molecule has 2 atom stereocenters. The molecule has 0 radical (unpaired) electrons. The van der Waals surface area contributed by atoms with Crippen LogP contribution in [-0.4, -0.2) is 74.9 Å². The fraction of sp³-hybridized carbons (Fsp3) is 0.778. The average Bonchev–Trinajstić information content (AvgIpc) is 3.46. The summed E-state index contributed by atoms with van der Waals surface area (Å²) in [5.74, 6) is -0.791. The van der Waals surface area contributed by atoms with Gasteiger partial charge in [0.15, 0.2) is 6.10 Å². The maximum Gasteiger partial charge on any atom is 0.472 e. The van der Waals surface area contributed by atoms with Crippen molar-refractivity contribution in [2.75, 3.05) is 47.5 Å². The minimum atomic E-state index is -4.39. The number of likely N-dealkylation sites (N-methyl/N-ethyl adjacent to an activating group) is 1. The van der Waals surface area contributed by atoms with Gasteiger partial charge in [-0.15, -0.1) is 0 Å². The highest BCUT2D eigenvalue weighted by Gasteiger charge is 2.27. The van der Waals surface area contributed by atoms with Crippen molar-refractivity contribution < 1.29 is 42.1 Å². The molecule has 0 aliphatic rings. The van der Waals surface area contributed by atoms with Crippen molar-refractivity contribution in [1.29, 1.82) is 0 Å². The Morgan fingerprint density at radius 3 is 1.04 bits per heavy atom. The van der Waals surface area contributed by atoms with Crippen LogP contribution >= 0.6 is 7.82 Å². The summed E-state index contributed by atoms with van der Waals surface area (Å²) < 4.78 is 34.7. The minimum Gasteiger partial charge on any atom is -0.462 e. The highest BCUT2D eigenvalue weighted by molar-refractivity contribution is 7.47. The molecule has 0 saturated heterocycles. The highest BCUT2D eigenvalue weighted by Crippen LogP contribution is 2.43. The van der Waals surface area contributed by atoms with Crippen LogP contribution in [0.15, 0.2) is 85.1 Å². The number of unbranched alkanes of at least 4 members (excludes halogenated alkanes) is 35. The molecule has 0 spiro atoms. The smallest absolute Gasteiger partial charge is 0.462 e. The molecule has 9 nitrogen and oxygen atoms in total. The molecule has 0 rings (SSSR count). The number of allylic oxidation sites excluding steroid dienone is 14. The monoisotopic (exact) mass is 1170 g/mol. The van der Waals surface area contributed by atoms with Crippen LogP contribution in [0.2, 0.25) is 0 Å². The van der Waals surface area contributed by atoms with E-state index >= 15 is 0 Å². The van der Waals surface area contributed by atoms with Crippen molar-refractivity contribution in [1.82, 2.24) is 0 Å². The fourth-order valence-corrected chi connectivity index (χ4v) is 10.4. The number of quaternary nitrogens is 1. The Balaban J connectivity index is 3.95. The van der Waals surface area contributed by atoms with Crippen LogP contribution in [0.25, 0.3) is 0 Å². The third-order valence-corrected chi connectivity index (χ3v) is 15.9. The predicted molar refractivity (Wildman–Crippen MR) is 353 cm³/mol. The Kier molecular flexibility index (Phi) is 60.6. The van der Waals surface area contributed by atoms with Crippen LogP contribution in [0.4, 0.5) is 0 Å². The minimum absolute atomic E-state index is 0.0307. The summed E-state index contributed by atoms with van der Waals surface area (Å²) in [5.41, 5.74) is 0. The molecule has 0 saturated carbocycles. The molecule has 0 fully saturated rings. The molecule has 10 heteroatoms. The number of ether oxygens (including phenoxy) is 2. The Hall–Kier alpha value is -2.81. The number of phosphoric ester groups is 1. The van der Waals surface area contributed by atoms with E-state index in [2.05, 4.69) is 98.9 Å². The van der Waals surface area contributed by atoms with Gasteiger partial charge in [0.2, 0.25) is 0 Å². The quantitative estimate of drug-likeness (QED) is 0.0211. The van der Waals surface area contributed by atoms with Gasteiger partial charge in [-0.3, -0.25) is 18.6 Å². The summed E-state index contributed by atoms with van der Waals surface area (Å²) in [6, 6.07) is 0. The SMILES string of the molecule is CC/C=C\C/C=C\C/C=C\C/C=C\C/C=C\CCCCCCCCCCCCCCCCCCCCCCCCCC(=O)OC(COC(=O)CCCCCCCCCCC/C=C\C/C=C\CCCCC)COP(=O)(O)OCC[N+](C)(C)C. The van der Waals surface area contributed by atoms with Gasteiger partial charge in [0.1, 0.15) is 19.8 Å². The third-order valence-electron chi connectivity index (χ3n) is 14.9. The Morgan fingerprint density at radius 2 is 0.695 bits per heavy atom. The standard InChI is InChI=1S/C72H130NO8P/c1-6-8-10-12-14-16-18-20-22-24-26-27-28-29-30-31-32-33-34-35-36-37-38-39-40-41-42-43-44-45-47-49-51-53-55-57-59-61-63-65-72(75)81-70(69-80-82(76,77)79-67-66-73(3,4)5)68-78-71(74)64-62-60-58-56-54-52-50-48-46-25-23-21-19-17-15-13-11-9-7-2/h8,10,14-17,20-23,26-27,29-30,70H,6-7,9,11-13,18-19,24-25,28,31-69H2,1-5H3/p+1/b10-8-,16-14-,17-15-,22-20-,23-21-,27-26-,30-29-. The van der Waals surface area contributed by atoms with Gasteiger partial charge in [-0.05, 0) is 89.9 Å². The first-order chi connectivity index (χ1) is 40.0. The van der Waals surface area contributed by atoms with Gasteiger partial charge in [-0.25, -0.2) is 4.57 Å². The van der Waals surface area contributed by atoms with Crippen LogP contribution in [0.5, 0.6) is 0 Å². The molecular weight excluding hydrogens is 1040 g/mol. The van der Waals surface area contributed by atoms with Gasteiger partial charge in [-0.2, -0.15) is 0 Å². The molecular formula is C72H131NO8P+. The predicted octanol–water partition coefficient (Wildman–Crippen LogP) is 22.2. The van der Waals surface area contributed by atoms with E-state index in [1.807, 2.05) is 21.1 Å². The summed E-state index contributed by atoms with van der Waals surface area (Å²) in [4.78, 5) is 35.8. The first-order valence-corrected chi connectivity index (χ1v) is 35.8. The Morgan fingerprint density at radius 1 is 0.390 bits per heavy atom. The molecule has 82 heavy (non-hydrogen) atoms. The summed E-state index contributed by atoms with van der Waals surface area (Å²) in [7, 11) is 1.48. The van der Waals surface area contributed by atoms with Gasteiger partial charge in [0.25, 0.3) is 0 Å². The Bertz CT molecular complexity index is 1660. The molecule has 1 N–H and O–H groups in total. The second kappa shape index (κ2) is 62.7. The molecule has 0 amide bonds. The van der Waals surface area contributed by atoms with E-state index in [4.69, 9.17) is 18.5 Å². The van der Waals surface area contributed by atoms with Gasteiger partial charge in [-0.1, -0.05) is 292 Å². The molecule has 0 aromatic carbocycles. The van der Waals surface area contributed by atoms with E-state index in [1.165, 1.54) is 205 Å². The number of carbonyl (C=O) groups is 2. The molecule has 0 aliphatic carbocycles. The molecule has 0 heterocycles. The zero-order valence-electron chi connectivity index (χ0n) is 54.2. The van der Waals surface area contributed by atoms with E-state index in [9.17, 15) is 19.0 Å². The van der Waals surface area contributed by atoms with Gasteiger partial charge < -0.3 is 18.9 Å². The lowest BCUT2D eigenvalue weighted by atomic mass is 10.0. The summed E-state index contributed by atoms with van der Waals surface area (Å²) in [5, 5.41) is 0. The lowest BCUT2D eigenvalue weighted by Crippen LogP contribution is -2.37. The number of carbonyl (C=O) groups excluding carboxylic acids is 2. The van der Waals surface area contributed by atoms with Gasteiger partial charge in [0.05, 0.1) is 27.7 Å². The normalized spacial score (nSPS) is 13.7. The highest BCUT2D eigenvalue weighted by atomic mass is 31.2. The van der Waals surface area contributed by atoms with Crippen LogP contribution in [0.1, 0.15) is 309 Å². The van der Waals surface area contributed by atoms with Crippen LogP contribution < -0.4 is 0 Å². The Labute approximate surface area is 507 Å². The van der Waals surface area contributed by atoms with E-state index in [1.54, 1.807) is 0 Å². The van der Waals surface area contributed by atoms with Gasteiger partial charge in [0, 0.05) is 12.8 Å². The zero-order chi connectivity index (χ0) is 59.8. The number of nitrogens with zero attached hydrogens (tertiary/aromatic N) is 1. The first-order valence-electron chi connectivity index (χ1n) is 34.3. The largest absolute Gasteiger partial charge is 0.472 e. The lowest BCUT2D eigenvalue weighted by Gasteiger charge is -2.24. The van der Waals surface area contributed by atoms with Crippen molar-refractivity contribution >= 4 is 19.8 Å². The lowest BCUT2D eigenvalue weighted by molar-refractivity contribution is -0.870. The third kappa shape index (κ3) is 66.3. The maximum atomic E-state index is 12.9. The molecule has 0 aromatic heterocycles. The zero-order valence-corrected chi connectivity index (χ0v) is 55.1. The van der Waals surface area contributed by atoms with Crippen LogP contribution in [-0.2, 0) is 32.7 Å². The number of hydrogen-bond acceptors (Lipinski definition) is 7. The summed E-state index contributed by atoms with van der Waals surface area (Å²) in [6.45, 7) is 4.32. The molecule has 476 valence electrons. The molecule has 2 unspecified atom stereocenters. The summed E-state index contributed by atoms with van der Waals surface area (Å²) in [6.07, 6.45) is 85.5. The maximum absolute atomic E-state index is 12.9. The second-order valence-corrected chi connectivity index (χ2v) is 25.6. The van der Waals surface area contributed by atoms with Crippen molar-refractivity contribution in [3.63, 3.8) is 0 Å². The number of phosphoric acid groups is 1. The van der Waals surface area contributed by atoms with E-state index < -0.39 is 26.5 Å². The van der Waals surface area contributed by atoms with E-state index in [-0.39, 0.29) is 32.0 Å². The van der Waals surface area contributed by atoms with Crippen LogP contribution in [0.3, 0.4) is 0 Å². The van der Waals surface area contributed by atoms with E-state index in [0.717, 1.165) is 70.6 Å². The molecule has 0 aliphatic heterocycles. The average molecular weight is 1170 g/mol.